The SMILES string of the molecule is CC1CC(C)CC(Nc2ncc([N+](=O)[O-])cc2C(=O)O)C1. The Morgan fingerprint density at radius 3 is 2.52 bits per heavy atom. The first-order chi connectivity index (χ1) is 9.86. The quantitative estimate of drug-likeness (QED) is 0.653. The molecule has 21 heavy (non-hydrogen) atoms. The monoisotopic (exact) mass is 293 g/mol. The van der Waals surface area contributed by atoms with Crippen LogP contribution in [0.25, 0.3) is 0 Å². The molecule has 1 aliphatic rings. The number of carbonyl (C=O) groups is 1. The van der Waals surface area contributed by atoms with Gasteiger partial charge in [0.15, 0.2) is 0 Å². The van der Waals surface area contributed by atoms with E-state index in [1.54, 1.807) is 0 Å². The van der Waals surface area contributed by atoms with E-state index < -0.39 is 10.9 Å². The second kappa shape index (κ2) is 6.07. The van der Waals surface area contributed by atoms with Gasteiger partial charge in [-0.05, 0) is 31.1 Å². The van der Waals surface area contributed by atoms with Gasteiger partial charge in [0.2, 0.25) is 0 Å². The van der Waals surface area contributed by atoms with Crippen molar-refractivity contribution in [3.8, 4) is 0 Å². The Labute approximate surface area is 122 Å². The number of nitro groups is 1. The lowest BCUT2D eigenvalue weighted by Gasteiger charge is -2.32. The van der Waals surface area contributed by atoms with E-state index in [-0.39, 0.29) is 23.1 Å². The van der Waals surface area contributed by atoms with Crippen molar-refractivity contribution in [2.75, 3.05) is 5.32 Å². The molecule has 2 N–H and O–H groups in total. The van der Waals surface area contributed by atoms with Crippen LogP contribution >= 0.6 is 0 Å². The van der Waals surface area contributed by atoms with Crippen LogP contribution in [0.1, 0.15) is 43.5 Å². The molecule has 0 amide bonds. The minimum atomic E-state index is -1.22. The van der Waals surface area contributed by atoms with Crippen LogP contribution in [0.15, 0.2) is 12.3 Å². The zero-order valence-corrected chi connectivity index (χ0v) is 12.1. The Morgan fingerprint density at radius 1 is 1.38 bits per heavy atom. The highest BCUT2D eigenvalue weighted by molar-refractivity contribution is 5.93. The highest BCUT2D eigenvalue weighted by atomic mass is 16.6. The van der Waals surface area contributed by atoms with E-state index >= 15 is 0 Å². The molecule has 7 nitrogen and oxygen atoms in total. The fourth-order valence-electron chi connectivity index (χ4n) is 3.09. The summed E-state index contributed by atoms with van der Waals surface area (Å²) in [6, 6.07) is 1.20. The summed E-state index contributed by atoms with van der Waals surface area (Å²) in [6.07, 6.45) is 4.15. The minimum Gasteiger partial charge on any atom is -0.478 e. The van der Waals surface area contributed by atoms with Gasteiger partial charge >= 0.3 is 5.97 Å². The molecular formula is C14H19N3O4. The van der Waals surface area contributed by atoms with Crippen molar-refractivity contribution in [1.29, 1.82) is 0 Å². The number of carboxylic acid groups (broad SMARTS) is 1. The molecular weight excluding hydrogens is 274 g/mol. The molecule has 114 valence electrons. The summed E-state index contributed by atoms with van der Waals surface area (Å²) in [4.78, 5) is 25.3. The summed E-state index contributed by atoms with van der Waals surface area (Å²) < 4.78 is 0. The van der Waals surface area contributed by atoms with E-state index in [0.717, 1.165) is 31.5 Å². The van der Waals surface area contributed by atoms with Crippen LogP contribution in [0.3, 0.4) is 0 Å². The van der Waals surface area contributed by atoms with Crippen LogP contribution < -0.4 is 5.32 Å². The fourth-order valence-corrected chi connectivity index (χ4v) is 3.09. The van der Waals surface area contributed by atoms with E-state index in [0.29, 0.717) is 11.8 Å². The van der Waals surface area contributed by atoms with Crippen LogP contribution in [0.5, 0.6) is 0 Å². The van der Waals surface area contributed by atoms with E-state index in [1.807, 2.05) is 0 Å². The van der Waals surface area contributed by atoms with Crippen molar-refractivity contribution in [1.82, 2.24) is 4.98 Å². The zero-order chi connectivity index (χ0) is 15.6. The Bertz CT molecular complexity index is 551. The first-order valence-electron chi connectivity index (χ1n) is 7.01. The molecule has 1 aromatic heterocycles. The fraction of sp³-hybridized carbons (Fsp3) is 0.571. The zero-order valence-electron chi connectivity index (χ0n) is 12.1. The Morgan fingerprint density at radius 2 is 2.00 bits per heavy atom. The van der Waals surface area contributed by atoms with Crippen LogP contribution in [0.4, 0.5) is 11.5 Å². The molecule has 0 bridgehead atoms. The summed E-state index contributed by atoms with van der Waals surface area (Å²) in [5, 5.41) is 23.1. The normalized spacial score (nSPS) is 25.3. The number of pyridine rings is 1. The number of nitrogens with one attached hydrogen (secondary N) is 1. The summed E-state index contributed by atoms with van der Waals surface area (Å²) in [6.45, 7) is 4.34. The van der Waals surface area contributed by atoms with Crippen molar-refractivity contribution >= 4 is 17.5 Å². The van der Waals surface area contributed by atoms with Crippen LogP contribution in [0.2, 0.25) is 0 Å². The molecule has 2 rings (SSSR count). The van der Waals surface area contributed by atoms with Gasteiger partial charge in [0.05, 0.1) is 4.92 Å². The molecule has 0 saturated heterocycles. The van der Waals surface area contributed by atoms with Gasteiger partial charge in [-0.3, -0.25) is 10.1 Å². The van der Waals surface area contributed by atoms with Gasteiger partial charge in [0, 0.05) is 12.1 Å². The minimum absolute atomic E-state index is 0.149. The third-order valence-corrected chi connectivity index (χ3v) is 3.83. The number of rotatable bonds is 4. The third kappa shape index (κ3) is 3.68. The number of hydrogen-bond donors (Lipinski definition) is 2. The maximum Gasteiger partial charge on any atom is 0.339 e. The summed E-state index contributed by atoms with van der Waals surface area (Å²) in [5.41, 5.74) is -0.474. The van der Waals surface area contributed by atoms with E-state index in [9.17, 15) is 20.0 Å². The molecule has 0 aliphatic heterocycles. The van der Waals surface area contributed by atoms with E-state index in [4.69, 9.17) is 0 Å². The summed E-state index contributed by atoms with van der Waals surface area (Å²) in [5.74, 6) is 0.125. The molecule has 1 aromatic rings. The average molecular weight is 293 g/mol. The molecule has 2 unspecified atom stereocenters. The predicted octanol–water partition coefficient (Wildman–Crippen LogP) is 2.92. The summed E-state index contributed by atoms with van der Waals surface area (Å²) in [7, 11) is 0. The molecule has 0 spiro atoms. The predicted molar refractivity (Wildman–Crippen MR) is 77.4 cm³/mol. The molecule has 2 atom stereocenters. The van der Waals surface area contributed by atoms with E-state index in [1.165, 1.54) is 0 Å². The lowest BCUT2D eigenvalue weighted by atomic mass is 9.80. The summed E-state index contributed by atoms with van der Waals surface area (Å²) >= 11 is 0. The number of nitrogens with zero attached hydrogens (tertiary/aromatic N) is 2. The highest BCUT2D eigenvalue weighted by Crippen LogP contribution is 2.31. The van der Waals surface area contributed by atoms with Gasteiger partial charge in [-0.2, -0.15) is 0 Å². The topological polar surface area (TPSA) is 105 Å². The first kappa shape index (κ1) is 15.2. The highest BCUT2D eigenvalue weighted by Gasteiger charge is 2.26. The smallest absolute Gasteiger partial charge is 0.339 e. The number of hydrogen-bond acceptors (Lipinski definition) is 5. The van der Waals surface area contributed by atoms with Crippen molar-refractivity contribution < 1.29 is 14.8 Å². The van der Waals surface area contributed by atoms with Gasteiger partial charge in [-0.25, -0.2) is 9.78 Å². The van der Waals surface area contributed by atoms with Crippen molar-refractivity contribution in [3.63, 3.8) is 0 Å². The Kier molecular flexibility index (Phi) is 4.40. The molecule has 1 saturated carbocycles. The molecule has 1 fully saturated rings. The maximum absolute atomic E-state index is 11.3. The molecule has 1 aliphatic carbocycles. The van der Waals surface area contributed by atoms with Crippen LogP contribution in [0, 0.1) is 22.0 Å². The first-order valence-corrected chi connectivity index (χ1v) is 7.01. The Hall–Kier alpha value is -2.18. The Balaban J connectivity index is 2.23. The van der Waals surface area contributed by atoms with Gasteiger partial charge < -0.3 is 10.4 Å². The van der Waals surface area contributed by atoms with Crippen molar-refractivity contribution in [2.45, 2.75) is 39.2 Å². The van der Waals surface area contributed by atoms with Crippen molar-refractivity contribution in [3.05, 3.63) is 27.9 Å². The number of carboxylic acids is 1. The standard InChI is InChI=1S/C14H19N3O4/c1-8-3-9(2)5-10(4-8)16-13-12(14(18)19)6-11(7-15-13)17(20)21/h6-10H,3-5H2,1-2H3,(H,15,16)(H,18,19). The number of aromatic nitrogens is 1. The second-order valence-electron chi connectivity index (χ2n) is 5.91. The van der Waals surface area contributed by atoms with Gasteiger partial charge in [-0.15, -0.1) is 0 Å². The molecule has 0 radical (unpaired) electrons. The molecule has 7 heteroatoms. The number of aromatic carboxylic acids is 1. The number of anilines is 1. The van der Waals surface area contributed by atoms with Crippen LogP contribution in [-0.4, -0.2) is 27.0 Å². The lowest BCUT2D eigenvalue weighted by molar-refractivity contribution is -0.385. The van der Waals surface area contributed by atoms with Gasteiger partial charge in [0.25, 0.3) is 5.69 Å². The lowest BCUT2D eigenvalue weighted by Crippen LogP contribution is -2.31. The van der Waals surface area contributed by atoms with Gasteiger partial charge in [0.1, 0.15) is 17.6 Å². The average Bonchev–Trinajstić information content (AvgIpc) is 2.37. The second-order valence-corrected chi connectivity index (χ2v) is 5.91. The van der Waals surface area contributed by atoms with Gasteiger partial charge in [-0.1, -0.05) is 13.8 Å². The van der Waals surface area contributed by atoms with Crippen molar-refractivity contribution in [2.24, 2.45) is 11.8 Å². The third-order valence-electron chi connectivity index (χ3n) is 3.83. The van der Waals surface area contributed by atoms with E-state index in [2.05, 4.69) is 24.1 Å². The molecule has 0 aromatic carbocycles. The maximum atomic E-state index is 11.3. The molecule has 1 heterocycles. The van der Waals surface area contributed by atoms with Crippen LogP contribution in [-0.2, 0) is 0 Å². The largest absolute Gasteiger partial charge is 0.478 e.